The van der Waals surface area contributed by atoms with Gasteiger partial charge in [0.15, 0.2) is 17.5 Å². The number of rotatable bonds is 6. The fourth-order valence-corrected chi connectivity index (χ4v) is 2.46. The molecule has 14 heteroatoms. The molecule has 5 N–H and O–H groups in total. The second-order valence-corrected chi connectivity index (χ2v) is 6.28. The highest BCUT2D eigenvalue weighted by molar-refractivity contribution is 6.34. The van der Waals surface area contributed by atoms with Crippen LogP contribution in [0.25, 0.3) is 0 Å². The SMILES string of the molecule is CC(NC(=O)c1cc(NC(=O)c2cc(F)c(F)cc2Cl)n[nH]1)c1nnc(C(N)=O)o1. The fourth-order valence-electron chi connectivity index (χ4n) is 2.23. The molecule has 3 aromatic rings. The van der Waals surface area contributed by atoms with Gasteiger partial charge in [-0.2, -0.15) is 5.10 Å². The Morgan fingerprint density at radius 3 is 2.53 bits per heavy atom. The van der Waals surface area contributed by atoms with Crippen molar-refractivity contribution in [2.75, 3.05) is 5.32 Å². The first-order valence-corrected chi connectivity index (χ1v) is 8.49. The molecule has 0 fully saturated rings. The van der Waals surface area contributed by atoms with E-state index in [0.29, 0.717) is 12.1 Å². The molecular formula is C16H12ClF2N7O4. The van der Waals surface area contributed by atoms with Crippen LogP contribution in [0.15, 0.2) is 22.6 Å². The van der Waals surface area contributed by atoms with Crippen LogP contribution in [0.5, 0.6) is 0 Å². The lowest BCUT2D eigenvalue weighted by Gasteiger charge is -2.08. The molecule has 0 aliphatic rings. The maximum Gasteiger partial charge on any atom is 0.306 e. The third-order valence-corrected chi connectivity index (χ3v) is 4.00. The van der Waals surface area contributed by atoms with E-state index in [9.17, 15) is 23.2 Å². The smallest absolute Gasteiger partial charge is 0.306 e. The molecule has 0 aliphatic heterocycles. The molecule has 0 spiro atoms. The molecule has 30 heavy (non-hydrogen) atoms. The van der Waals surface area contributed by atoms with Crippen LogP contribution in [0.2, 0.25) is 5.02 Å². The summed E-state index contributed by atoms with van der Waals surface area (Å²) in [5.41, 5.74) is 4.64. The van der Waals surface area contributed by atoms with Crippen LogP contribution in [-0.4, -0.2) is 38.1 Å². The van der Waals surface area contributed by atoms with Crippen molar-refractivity contribution in [2.24, 2.45) is 5.73 Å². The number of carbonyl (C=O) groups excluding carboxylic acids is 3. The summed E-state index contributed by atoms with van der Waals surface area (Å²) in [5, 5.41) is 17.7. The van der Waals surface area contributed by atoms with E-state index in [-0.39, 0.29) is 28.0 Å². The van der Waals surface area contributed by atoms with Gasteiger partial charge in [0.1, 0.15) is 11.7 Å². The summed E-state index contributed by atoms with van der Waals surface area (Å²) in [7, 11) is 0. The van der Waals surface area contributed by atoms with E-state index >= 15 is 0 Å². The molecule has 2 heterocycles. The highest BCUT2D eigenvalue weighted by Crippen LogP contribution is 2.21. The minimum atomic E-state index is -1.25. The molecule has 156 valence electrons. The summed E-state index contributed by atoms with van der Waals surface area (Å²) in [5.74, 6) is -5.42. The van der Waals surface area contributed by atoms with E-state index in [2.05, 4.69) is 31.0 Å². The van der Waals surface area contributed by atoms with Gasteiger partial charge in [-0.15, -0.1) is 10.2 Å². The number of hydrogen-bond acceptors (Lipinski definition) is 7. The fraction of sp³-hybridized carbons (Fsp3) is 0.125. The summed E-state index contributed by atoms with van der Waals surface area (Å²) in [6, 6.07) is 1.72. The lowest BCUT2D eigenvalue weighted by Crippen LogP contribution is -2.27. The van der Waals surface area contributed by atoms with Crippen molar-refractivity contribution in [1.29, 1.82) is 0 Å². The van der Waals surface area contributed by atoms with Gasteiger partial charge in [0, 0.05) is 6.07 Å². The molecular weight excluding hydrogens is 428 g/mol. The molecule has 3 rings (SSSR count). The van der Waals surface area contributed by atoms with Gasteiger partial charge in [0.25, 0.3) is 11.8 Å². The van der Waals surface area contributed by atoms with Gasteiger partial charge in [-0.05, 0) is 19.1 Å². The first kappa shape index (κ1) is 20.9. The lowest BCUT2D eigenvalue weighted by atomic mass is 10.2. The zero-order valence-electron chi connectivity index (χ0n) is 15.0. The number of H-pyrrole nitrogens is 1. The van der Waals surface area contributed by atoms with E-state index in [1.807, 2.05) is 0 Å². The van der Waals surface area contributed by atoms with Crippen molar-refractivity contribution in [3.05, 3.63) is 57.9 Å². The molecule has 1 unspecified atom stereocenters. The van der Waals surface area contributed by atoms with Crippen LogP contribution < -0.4 is 16.4 Å². The van der Waals surface area contributed by atoms with E-state index in [4.69, 9.17) is 21.8 Å². The zero-order chi connectivity index (χ0) is 22.0. The van der Waals surface area contributed by atoms with Crippen molar-refractivity contribution in [3.63, 3.8) is 0 Å². The normalized spacial score (nSPS) is 11.7. The molecule has 2 aromatic heterocycles. The molecule has 0 radical (unpaired) electrons. The Morgan fingerprint density at radius 2 is 1.87 bits per heavy atom. The lowest BCUT2D eigenvalue weighted by molar-refractivity contribution is 0.0927. The highest BCUT2D eigenvalue weighted by Gasteiger charge is 2.21. The third-order valence-electron chi connectivity index (χ3n) is 3.69. The molecule has 3 amide bonds. The minimum absolute atomic E-state index is 0.0526. The first-order valence-electron chi connectivity index (χ1n) is 8.11. The summed E-state index contributed by atoms with van der Waals surface area (Å²) in [4.78, 5) is 35.5. The van der Waals surface area contributed by atoms with Crippen LogP contribution in [0.4, 0.5) is 14.6 Å². The minimum Gasteiger partial charge on any atom is -0.415 e. The van der Waals surface area contributed by atoms with Gasteiger partial charge >= 0.3 is 11.8 Å². The van der Waals surface area contributed by atoms with Gasteiger partial charge in [-0.25, -0.2) is 8.78 Å². The molecule has 0 saturated heterocycles. The monoisotopic (exact) mass is 439 g/mol. The van der Waals surface area contributed by atoms with Crippen molar-refractivity contribution < 1.29 is 27.6 Å². The number of amides is 3. The van der Waals surface area contributed by atoms with Crippen LogP contribution in [-0.2, 0) is 0 Å². The average Bonchev–Trinajstić information content (AvgIpc) is 3.34. The molecule has 0 aliphatic carbocycles. The van der Waals surface area contributed by atoms with Gasteiger partial charge in [-0.3, -0.25) is 19.5 Å². The average molecular weight is 440 g/mol. The van der Waals surface area contributed by atoms with Crippen molar-refractivity contribution in [2.45, 2.75) is 13.0 Å². The highest BCUT2D eigenvalue weighted by atomic mass is 35.5. The largest absolute Gasteiger partial charge is 0.415 e. The summed E-state index contributed by atoms with van der Waals surface area (Å²) >= 11 is 5.75. The van der Waals surface area contributed by atoms with Crippen LogP contribution in [0, 0.1) is 11.6 Å². The van der Waals surface area contributed by atoms with E-state index in [1.54, 1.807) is 0 Å². The van der Waals surface area contributed by atoms with E-state index < -0.39 is 41.3 Å². The van der Waals surface area contributed by atoms with E-state index in [0.717, 1.165) is 0 Å². The standard InChI is InChI=1S/C16H12ClF2N7O4/c1-5(15-25-26-16(30-15)12(20)27)21-14(29)10-4-11(24-23-10)22-13(28)6-2-8(18)9(19)3-7(6)17/h2-5H,1H3,(H2,20,27)(H,21,29)(H2,22,23,24,28). The van der Waals surface area contributed by atoms with Crippen LogP contribution in [0.1, 0.15) is 50.4 Å². The predicted octanol–water partition coefficient (Wildman–Crippen LogP) is 1.57. The predicted molar refractivity (Wildman–Crippen MR) is 96.6 cm³/mol. The van der Waals surface area contributed by atoms with Crippen LogP contribution in [0.3, 0.4) is 0 Å². The number of nitrogens with one attached hydrogen (secondary N) is 3. The Kier molecular flexibility index (Phi) is 5.73. The van der Waals surface area contributed by atoms with Gasteiger partial charge < -0.3 is 20.8 Å². The number of nitrogens with two attached hydrogens (primary N) is 1. The summed E-state index contributed by atoms with van der Waals surface area (Å²) in [6.07, 6.45) is 0. The summed E-state index contributed by atoms with van der Waals surface area (Å²) < 4.78 is 31.5. The maximum atomic E-state index is 13.3. The second kappa shape index (κ2) is 8.24. The van der Waals surface area contributed by atoms with Crippen molar-refractivity contribution in [3.8, 4) is 0 Å². The van der Waals surface area contributed by atoms with Crippen LogP contribution >= 0.6 is 11.6 Å². The Hall–Kier alpha value is -3.87. The van der Waals surface area contributed by atoms with Crippen molar-refractivity contribution >= 4 is 35.1 Å². The first-order chi connectivity index (χ1) is 14.2. The maximum absolute atomic E-state index is 13.3. The Balaban J connectivity index is 1.66. The van der Waals surface area contributed by atoms with Gasteiger partial charge in [-0.1, -0.05) is 11.6 Å². The number of benzene rings is 1. The topological polar surface area (TPSA) is 169 Å². The number of carbonyl (C=O) groups is 3. The molecule has 0 bridgehead atoms. The molecule has 11 nitrogen and oxygen atoms in total. The number of aromatic amines is 1. The number of primary amides is 1. The third kappa shape index (κ3) is 4.41. The number of halogens is 3. The number of hydrogen-bond donors (Lipinski definition) is 4. The molecule has 0 saturated carbocycles. The molecule has 1 aromatic carbocycles. The Bertz CT molecular complexity index is 1150. The van der Waals surface area contributed by atoms with Gasteiger partial charge in [0.05, 0.1) is 10.6 Å². The number of nitrogens with zero attached hydrogens (tertiary/aromatic N) is 3. The summed E-state index contributed by atoms with van der Waals surface area (Å²) in [6.45, 7) is 1.51. The number of aromatic nitrogens is 4. The number of anilines is 1. The van der Waals surface area contributed by atoms with E-state index in [1.165, 1.54) is 13.0 Å². The Labute approximate surface area is 171 Å². The zero-order valence-corrected chi connectivity index (χ0v) is 15.8. The second-order valence-electron chi connectivity index (χ2n) is 5.87. The van der Waals surface area contributed by atoms with Gasteiger partial charge in [0.2, 0.25) is 5.89 Å². The van der Waals surface area contributed by atoms with Crippen molar-refractivity contribution in [1.82, 2.24) is 25.7 Å². The quantitative estimate of drug-likeness (QED) is 0.422. The molecule has 1 atom stereocenters. The Morgan fingerprint density at radius 1 is 1.17 bits per heavy atom.